The summed E-state index contributed by atoms with van der Waals surface area (Å²) in [5.74, 6) is 2.75. The summed E-state index contributed by atoms with van der Waals surface area (Å²) in [6.07, 6.45) is 3.91. The Morgan fingerprint density at radius 1 is 1.00 bits per heavy atom. The largest absolute Gasteiger partial charge is 0.203 e. The second-order valence-corrected chi connectivity index (χ2v) is 6.46. The molecule has 0 spiro atoms. The molecule has 0 amide bonds. The fourth-order valence-corrected chi connectivity index (χ4v) is 3.54. The van der Waals surface area contributed by atoms with Crippen molar-refractivity contribution < 1.29 is 0 Å². The van der Waals surface area contributed by atoms with Gasteiger partial charge < -0.3 is 0 Å². The van der Waals surface area contributed by atoms with E-state index in [-0.39, 0.29) is 0 Å². The van der Waals surface area contributed by atoms with Crippen LogP contribution in [-0.4, -0.2) is 21.6 Å². The van der Waals surface area contributed by atoms with E-state index in [1.54, 1.807) is 0 Å². The molecule has 0 aliphatic rings. The number of nitrogens with zero attached hydrogens (tertiary/aromatic N) is 3. The lowest BCUT2D eigenvalue weighted by Gasteiger charge is -2.39. The van der Waals surface area contributed by atoms with E-state index in [0.29, 0.717) is 0 Å². The summed E-state index contributed by atoms with van der Waals surface area (Å²) in [4.78, 5) is 0. The van der Waals surface area contributed by atoms with Gasteiger partial charge in [0.25, 0.3) is 0 Å². The van der Waals surface area contributed by atoms with E-state index < -0.39 is 10.2 Å². The first-order valence-electron chi connectivity index (χ1n) is 4.06. The van der Waals surface area contributed by atoms with Crippen LogP contribution in [0.25, 0.3) is 0 Å². The Labute approximate surface area is 76.0 Å². The van der Waals surface area contributed by atoms with Crippen molar-refractivity contribution >= 4 is 10.2 Å². The lowest BCUT2D eigenvalue weighted by atomic mass is 10.9. The lowest BCUT2D eigenvalue weighted by Crippen LogP contribution is -2.24. The van der Waals surface area contributed by atoms with Crippen LogP contribution in [0.15, 0.2) is 0 Å². The van der Waals surface area contributed by atoms with E-state index in [9.17, 15) is 0 Å². The third-order valence-electron chi connectivity index (χ3n) is 2.18. The second kappa shape index (κ2) is 4.90. The van der Waals surface area contributed by atoms with Gasteiger partial charge in [-0.15, -0.1) is 10.2 Å². The Kier molecular flexibility index (Phi) is 4.54. The van der Waals surface area contributed by atoms with Crippen molar-refractivity contribution in [3.05, 3.63) is 0 Å². The summed E-state index contributed by atoms with van der Waals surface area (Å²) in [5, 5.41) is 17.5. The minimum Gasteiger partial charge on any atom is -0.174 e. The smallest absolute Gasteiger partial charge is 0.174 e. The molecule has 0 saturated heterocycles. The third-order valence-corrected chi connectivity index (χ3v) is 6.34. The summed E-state index contributed by atoms with van der Waals surface area (Å²) in [6, 6.07) is 0. The summed E-state index contributed by atoms with van der Waals surface area (Å²) < 4.78 is 1.30. The summed E-state index contributed by atoms with van der Waals surface area (Å²) in [6.45, 7) is 6.14. The molecule has 0 radical (unpaired) electrons. The molecular weight excluding hydrogens is 170 g/mol. The Morgan fingerprint density at radius 3 is 1.42 bits per heavy atom. The van der Waals surface area contributed by atoms with Crippen LogP contribution < -0.4 is 0 Å². The second-order valence-electron chi connectivity index (χ2n) is 2.36. The van der Waals surface area contributed by atoms with Crippen molar-refractivity contribution in [2.45, 2.75) is 20.8 Å². The summed E-state index contributed by atoms with van der Waals surface area (Å²) in [7, 11) is -1.14. The zero-order valence-corrected chi connectivity index (χ0v) is 8.69. The van der Waals surface area contributed by atoms with E-state index in [1.165, 1.54) is 4.31 Å². The van der Waals surface area contributed by atoms with Gasteiger partial charge in [0, 0.05) is 0 Å². The average molecular weight is 185 g/mol. The minimum atomic E-state index is -1.14. The van der Waals surface area contributed by atoms with E-state index in [2.05, 4.69) is 0 Å². The van der Waals surface area contributed by atoms with Crippen LogP contribution in [0.1, 0.15) is 20.8 Å². The van der Waals surface area contributed by atoms with Crippen LogP contribution in [0.3, 0.4) is 0 Å². The standard InChI is InChI=1S/C8H15N3S/c1-4-12(5-2,6-3)11(7-9)8-10/h4-6H2,1-3H3. The molecule has 0 aliphatic heterocycles. The molecule has 0 fully saturated rings. The van der Waals surface area contributed by atoms with Crippen LogP contribution in [0.4, 0.5) is 0 Å². The van der Waals surface area contributed by atoms with Crippen molar-refractivity contribution in [1.29, 1.82) is 10.5 Å². The van der Waals surface area contributed by atoms with Gasteiger partial charge in [-0.3, -0.25) is 0 Å². The first-order valence-corrected chi connectivity index (χ1v) is 6.16. The third kappa shape index (κ3) is 1.84. The zero-order valence-electron chi connectivity index (χ0n) is 7.87. The normalized spacial score (nSPS) is 11.4. The Morgan fingerprint density at radius 2 is 1.33 bits per heavy atom. The molecule has 0 N–H and O–H groups in total. The highest BCUT2D eigenvalue weighted by molar-refractivity contribution is 8.31. The van der Waals surface area contributed by atoms with Crippen molar-refractivity contribution in [1.82, 2.24) is 4.31 Å². The van der Waals surface area contributed by atoms with Crippen molar-refractivity contribution in [3.63, 3.8) is 0 Å². The van der Waals surface area contributed by atoms with Gasteiger partial charge in [0.2, 0.25) is 12.4 Å². The molecule has 0 heterocycles. The van der Waals surface area contributed by atoms with E-state index in [4.69, 9.17) is 10.5 Å². The highest BCUT2D eigenvalue weighted by Crippen LogP contribution is 2.49. The predicted molar refractivity (Wildman–Crippen MR) is 52.3 cm³/mol. The fourth-order valence-electron chi connectivity index (χ4n) is 1.20. The molecule has 0 atom stereocenters. The van der Waals surface area contributed by atoms with Crippen LogP contribution in [0, 0.1) is 22.9 Å². The Hall–Kier alpha value is -0.870. The molecule has 68 valence electrons. The highest BCUT2D eigenvalue weighted by atomic mass is 32.3. The molecule has 0 aromatic heterocycles. The lowest BCUT2D eigenvalue weighted by molar-refractivity contribution is 0.858. The minimum absolute atomic E-state index is 0.918. The van der Waals surface area contributed by atoms with E-state index in [1.807, 2.05) is 33.2 Å². The van der Waals surface area contributed by atoms with Gasteiger partial charge in [-0.05, 0) is 17.3 Å². The Bertz CT molecular complexity index is 187. The number of nitriles is 2. The predicted octanol–water partition coefficient (Wildman–Crippen LogP) is 2.03. The zero-order chi connectivity index (χ0) is 9.61. The molecule has 0 aromatic carbocycles. The van der Waals surface area contributed by atoms with E-state index >= 15 is 0 Å². The van der Waals surface area contributed by atoms with Crippen molar-refractivity contribution in [2.24, 2.45) is 0 Å². The molecule has 0 unspecified atom stereocenters. The molecule has 0 bridgehead atoms. The van der Waals surface area contributed by atoms with E-state index in [0.717, 1.165) is 17.3 Å². The van der Waals surface area contributed by atoms with Crippen LogP contribution in [0.5, 0.6) is 0 Å². The first kappa shape index (κ1) is 11.1. The highest BCUT2D eigenvalue weighted by Gasteiger charge is 2.25. The molecule has 3 nitrogen and oxygen atoms in total. The first-order chi connectivity index (χ1) is 5.70. The molecular formula is C8H15N3S. The molecule has 12 heavy (non-hydrogen) atoms. The van der Waals surface area contributed by atoms with Crippen LogP contribution in [-0.2, 0) is 0 Å². The molecule has 0 saturated carbocycles. The topological polar surface area (TPSA) is 50.8 Å². The number of hydrogen-bond donors (Lipinski definition) is 0. The summed E-state index contributed by atoms with van der Waals surface area (Å²) >= 11 is 0. The van der Waals surface area contributed by atoms with Gasteiger partial charge in [0.15, 0.2) is 0 Å². The average Bonchev–Trinajstić information content (AvgIpc) is 2.14. The number of rotatable bonds is 4. The quantitative estimate of drug-likeness (QED) is 0.497. The number of hydrogen-bond acceptors (Lipinski definition) is 3. The monoisotopic (exact) mass is 185 g/mol. The SMILES string of the molecule is CCS(CC)(CC)N(C#N)C#N. The van der Waals surface area contributed by atoms with Gasteiger partial charge in [-0.2, -0.15) is 14.8 Å². The Balaban J connectivity index is 4.72. The van der Waals surface area contributed by atoms with Gasteiger partial charge in [-0.25, -0.2) is 0 Å². The molecule has 0 rings (SSSR count). The van der Waals surface area contributed by atoms with Crippen LogP contribution >= 0.6 is 10.2 Å². The fraction of sp³-hybridized carbons (Fsp3) is 0.750. The van der Waals surface area contributed by atoms with Gasteiger partial charge in [0.05, 0.1) is 0 Å². The molecule has 0 aromatic rings. The van der Waals surface area contributed by atoms with Crippen molar-refractivity contribution in [2.75, 3.05) is 17.3 Å². The van der Waals surface area contributed by atoms with Gasteiger partial charge in [0.1, 0.15) is 0 Å². The molecule has 4 heteroatoms. The van der Waals surface area contributed by atoms with Gasteiger partial charge >= 0.3 is 0 Å². The van der Waals surface area contributed by atoms with Crippen LogP contribution in [0.2, 0.25) is 0 Å². The summed E-state index contributed by atoms with van der Waals surface area (Å²) in [5.41, 5.74) is 0. The van der Waals surface area contributed by atoms with Gasteiger partial charge in [-0.1, -0.05) is 20.8 Å². The maximum atomic E-state index is 8.73. The maximum absolute atomic E-state index is 8.73. The molecule has 0 aliphatic carbocycles. The van der Waals surface area contributed by atoms with Crippen molar-refractivity contribution in [3.8, 4) is 12.4 Å². The maximum Gasteiger partial charge on any atom is 0.203 e.